The number of nitrogens with two attached hydrogens (primary N) is 1. The molecule has 4 nitrogen and oxygen atoms in total. The Labute approximate surface area is 135 Å². The maximum absolute atomic E-state index is 10.6. The van der Waals surface area contributed by atoms with Crippen LogP contribution in [0, 0.1) is 0 Å². The number of nitrogen functional groups attached to an aromatic ring is 1. The lowest BCUT2D eigenvalue weighted by molar-refractivity contribution is 0.438. The van der Waals surface area contributed by atoms with Gasteiger partial charge in [-0.25, -0.2) is 0 Å². The van der Waals surface area contributed by atoms with Gasteiger partial charge in [-0.3, -0.25) is 0 Å². The van der Waals surface area contributed by atoms with Crippen LogP contribution < -0.4 is 11.1 Å². The van der Waals surface area contributed by atoms with Gasteiger partial charge in [-0.1, -0.05) is 12.1 Å². The van der Waals surface area contributed by atoms with E-state index in [1.54, 1.807) is 6.07 Å². The Morgan fingerprint density at radius 3 is 2.70 bits per heavy atom. The number of phenols is 2. The number of phenolic OH excluding ortho intramolecular Hbond substituents is 2. The number of fused-ring (bicyclic) bond motifs is 2. The van der Waals surface area contributed by atoms with Crippen molar-refractivity contribution in [1.29, 1.82) is 0 Å². The molecule has 4 heteroatoms. The number of hydrogen-bond acceptors (Lipinski definition) is 4. The summed E-state index contributed by atoms with van der Waals surface area (Å²) in [7, 11) is 0. The van der Waals surface area contributed by atoms with Gasteiger partial charge in [-0.15, -0.1) is 0 Å². The predicted octanol–water partition coefficient (Wildman–Crippen LogP) is 3.52. The summed E-state index contributed by atoms with van der Waals surface area (Å²) in [5, 5.41) is 24.2. The van der Waals surface area contributed by atoms with E-state index in [4.69, 9.17) is 5.73 Å². The van der Waals surface area contributed by atoms with Crippen LogP contribution in [0.25, 0.3) is 11.6 Å². The molecule has 0 atom stereocenters. The molecule has 1 heterocycles. The normalized spacial score (nSPS) is 17.7. The standard InChI is InChI=1S/C19H20N2O2/c20-16-7-3-6-13-12(10-21-18(13)16)8-11-9-17(22)14-4-1-2-5-15(14)19(11)23/h3,6-9,21-23H,1-2,4-5,10,20H2. The van der Waals surface area contributed by atoms with Crippen LogP contribution in [-0.4, -0.2) is 16.8 Å². The number of para-hydroxylation sites is 1. The third-order valence-electron chi connectivity index (χ3n) is 4.86. The van der Waals surface area contributed by atoms with Gasteiger partial charge in [0.1, 0.15) is 11.5 Å². The van der Waals surface area contributed by atoms with Gasteiger partial charge >= 0.3 is 0 Å². The second kappa shape index (κ2) is 5.23. The molecule has 118 valence electrons. The fourth-order valence-corrected chi connectivity index (χ4v) is 3.67. The molecule has 2 aromatic rings. The number of benzene rings is 2. The van der Waals surface area contributed by atoms with E-state index in [0.717, 1.165) is 59.3 Å². The van der Waals surface area contributed by atoms with Crippen LogP contribution in [-0.2, 0) is 12.8 Å². The topological polar surface area (TPSA) is 78.5 Å². The molecular weight excluding hydrogens is 288 g/mol. The highest BCUT2D eigenvalue weighted by Crippen LogP contribution is 2.41. The van der Waals surface area contributed by atoms with Crippen molar-refractivity contribution < 1.29 is 10.2 Å². The second-order valence-electron chi connectivity index (χ2n) is 6.29. The van der Waals surface area contributed by atoms with Crippen molar-refractivity contribution >= 4 is 23.0 Å². The molecule has 2 aliphatic rings. The quantitative estimate of drug-likeness (QED) is 0.480. The molecule has 0 aromatic heterocycles. The van der Waals surface area contributed by atoms with E-state index in [0.29, 0.717) is 23.6 Å². The lowest BCUT2D eigenvalue weighted by Gasteiger charge is -2.19. The highest BCUT2D eigenvalue weighted by atomic mass is 16.3. The first-order valence-electron chi connectivity index (χ1n) is 8.05. The fourth-order valence-electron chi connectivity index (χ4n) is 3.67. The van der Waals surface area contributed by atoms with Gasteiger partial charge in [0.2, 0.25) is 0 Å². The molecule has 2 aromatic carbocycles. The van der Waals surface area contributed by atoms with Crippen molar-refractivity contribution in [2.75, 3.05) is 17.6 Å². The largest absolute Gasteiger partial charge is 0.508 e. The van der Waals surface area contributed by atoms with E-state index in [2.05, 4.69) is 5.32 Å². The van der Waals surface area contributed by atoms with Gasteiger partial charge in [-0.05, 0) is 49.5 Å². The van der Waals surface area contributed by atoms with E-state index >= 15 is 0 Å². The molecule has 1 aliphatic carbocycles. The third kappa shape index (κ3) is 2.22. The number of nitrogens with one attached hydrogen (secondary N) is 1. The molecule has 23 heavy (non-hydrogen) atoms. The van der Waals surface area contributed by atoms with Crippen molar-refractivity contribution in [1.82, 2.24) is 0 Å². The van der Waals surface area contributed by atoms with Gasteiger partial charge in [0.05, 0.1) is 11.4 Å². The molecule has 5 N–H and O–H groups in total. The van der Waals surface area contributed by atoms with Crippen molar-refractivity contribution in [3.63, 3.8) is 0 Å². The van der Waals surface area contributed by atoms with Gasteiger partial charge < -0.3 is 21.3 Å². The Morgan fingerprint density at radius 1 is 1.09 bits per heavy atom. The number of hydrogen-bond donors (Lipinski definition) is 4. The summed E-state index contributed by atoms with van der Waals surface area (Å²) in [4.78, 5) is 0. The molecule has 4 rings (SSSR count). The summed E-state index contributed by atoms with van der Waals surface area (Å²) in [6, 6.07) is 7.50. The van der Waals surface area contributed by atoms with Crippen LogP contribution >= 0.6 is 0 Å². The minimum atomic E-state index is 0.295. The minimum absolute atomic E-state index is 0.295. The summed E-state index contributed by atoms with van der Waals surface area (Å²) in [6.45, 7) is 0.667. The highest BCUT2D eigenvalue weighted by molar-refractivity contribution is 5.97. The summed E-state index contributed by atoms with van der Waals surface area (Å²) >= 11 is 0. The first kappa shape index (κ1) is 14.0. The van der Waals surface area contributed by atoms with Gasteiger partial charge in [0.25, 0.3) is 0 Å². The molecule has 0 unspecified atom stereocenters. The maximum atomic E-state index is 10.6. The lowest BCUT2D eigenvalue weighted by atomic mass is 9.88. The first-order chi connectivity index (χ1) is 11.1. The number of anilines is 2. The highest BCUT2D eigenvalue weighted by Gasteiger charge is 2.22. The zero-order valence-corrected chi connectivity index (χ0v) is 12.9. The van der Waals surface area contributed by atoms with Crippen LogP contribution in [0.3, 0.4) is 0 Å². The summed E-state index contributed by atoms with van der Waals surface area (Å²) in [6.07, 6.45) is 5.74. The first-order valence-corrected chi connectivity index (χ1v) is 8.05. The molecule has 0 amide bonds. The molecule has 0 fully saturated rings. The van der Waals surface area contributed by atoms with E-state index in [1.165, 1.54) is 0 Å². The summed E-state index contributed by atoms with van der Waals surface area (Å²) < 4.78 is 0. The fraction of sp³-hybridized carbons (Fsp3) is 0.263. The Balaban J connectivity index is 1.82. The van der Waals surface area contributed by atoms with Crippen molar-refractivity contribution in [3.05, 3.63) is 46.5 Å². The molecule has 0 saturated heterocycles. The molecular formula is C19H20N2O2. The van der Waals surface area contributed by atoms with E-state index in [1.807, 2.05) is 24.3 Å². The van der Waals surface area contributed by atoms with E-state index < -0.39 is 0 Å². The molecule has 0 bridgehead atoms. The van der Waals surface area contributed by atoms with E-state index in [-0.39, 0.29) is 0 Å². The Hall–Kier alpha value is -2.62. The average molecular weight is 308 g/mol. The number of rotatable bonds is 1. The SMILES string of the molecule is Nc1cccc2c1NCC2=Cc1cc(O)c2c(c1O)CCCC2. The maximum Gasteiger partial charge on any atom is 0.126 e. The van der Waals surface area contributed by atoms with Crippen molar-refractivity contribution in [3.8, 4) is 11.5 Å². The zero-order valence-electron chi connectivity index (χ0n) is 12.9. The summed E-state index contributed by atoms with van der Waals surface area (Å²) in [5.74, 6) is 0.602. The monoisotopic (exact) mass is 308 g/mol. The molecule has 0 saturated carbocycles. The van der Waals surface area contributed by atoms with Crippen molar-refractivity contribution in [2.24, 2.45) is 0 Å². The average Bonchev–Trinajstić information content (AvgIpc) is 2.97. The molecule has 0 spiro atoms. The predicted molar refractivity (Wildman–Crippen MR) is 93.6 cm³/mol. The van der Waals surface area contributed by atoms with E-state index in [9.17, 15) is 10.2 Å². The third-order valence-corrected chi connectivity index (χ3v) is 4.86. The van der Waals surface area contributed by atoms with Crippen LogP contribution in [0.4, 0.5) is 11.4 Å². The van der Waals surface area contributed by atoms with Crippen molar-refractivity contribution in [2.45, 2.75) is 25.7 Å². The van der Waals surface area contributed by atoms with Crippen LogP contribution in [0.15, 0.2) is 24.3 Å². The molecule has 0 radical (unpaired) electrons. The smallest absolute Gasteiger partial charge is 0.126 e. The number of aromatic hydroxyl groups is 2. The van der Waals surface area contributed by atoms with Gasteiger partial charge in [-0.2, -0.15) is 0 Å². The zero-order chi connectivity index (χ0) is 16.0. The van der Waals surface area contributed by atoms with Crippen LogP contribution in [0.5, 0.6) is 11.5 Å². The van der Waals surface area contributed by atoms with Crippen LogP contribution in [0.1, 0.15) is 35.1 Å². The summed E-state index contributed by atoms with van der Waals surface area (Å²) in [5.41, 5.74) is 12.3. The van der Waals surface area contributed by atoms with Gasteiger partial charge in [0.15, 0.2) is 0 Å². The Bertz CT molecular complexity index is 825. The molecule has 1 aliphatic heterocycles. The lowest BCUT2D eigenvalue weighted by Crippen LogP contribution is -2.04. The van der Waals surface area contributed by atoms with Gasteiger partial charge in [0, 0.05) is 28.8 Å². The Kier molecular flexibility index (Phi) is 3.18. The second-order valence-corrected chi connectivity index (χ2v) is 6.29. The Morgan fingerprint density at radius 2 is 1.87 bits per heavy atom. The minimum Gasteiger partial charge on any atom is -0.508 e. The van der Waals surface area contributed by atoms with Crippen LogP contribution in [0.2, 0.25) is 0 Å².